The summed E-state index contributed by atoms with van der Waals surface area (Å²) >= 11 is 0. The highest BCUT2D eigenvalue weighted by atomic mass is 16.4. The third-order valence-corrected chi connectivity index (χ3v) is 4.23. The smallest absolute Gasteiger partial charge is 0.337 e. The Hall–Kier alpha value is -3.86. The van der Waals surface area contributed by atoms with E-state index in [-0.39, 0.29) is 22.5 Å². The summed E-state index contributed by atoms with van der Waals surface area (Å²) in [5.41, 5.74) is -0.0752. The maximum Gasteiger partial charge on any atom is 0.337 e. The van der Waals surface area contributed by atoms with Gasteiger partial charge in [-0.3, -0.25) is 0 Å². The van der Waals surface area contributed by atoms with Gasteiger partial charge in [0.1, 0.15) is 0 Å². The Morgan fingerprint density at radius 3 is 1.48 bits per heavy atom. The Bertz CT molecular complexity index is 947. The van der Waals surface area contributed by atoms with Gasteiger partial charge in [0.15, 0.2) is 0 Å². The number of nitrogens with zero attached hydrogens (tertiary/aromatic N) is 2. The summed E-state index contributed by atoms with van der Waals surface area (Å²) in [5.74, 6) is -2.52. The van der Waals surface area contributed by atoms with Gasteiger partial charge in [-0.15, -0.1) is 0 Å². The van der Waals surface area contributed by atoms with Crippen LogP contribution in [0.4, 0.5) is 11.4 Å². The predicted octanol–water partition coefficient (Wildman–Crippen LogP) is 3.34. The molecule has 136 valence electrons. The Morgan fingerprint density at radius 2 is 1.19 bits per heavy atom. The van der Waals surface area contributed by atoms with E-state index in [0.29, 0.717) is 11.1 Å². The van der Waals surface area contributed by atoms with Crippen molar-refractivity contribution < 1.29 is 29.4 Å². The molecular weight excluding hydrogens is 352 g/mol. The molecule has 8 heteroatoms. The first kappa shape index (κ1) is 19.5. The standard InChI is InChI=1S/C19H14N2O6/c1-19(2,11-3-5-15(20-9-22)13(7-11)17(24)25)12-4-6-16(21-10-23)14(8-12)18(26)27/h3-8H,1-2H3,(H,24,25)(H,26,27). The maximum atomic E-state index is 11.5. The minimum atomic E-state index is -1.26. The van der Waals surface area contributed by atoms with Crippen molar-refractivity contribution in [1.82, 2.24) is 0 Å². The molecule has 0 aliphatic heterocycles. The predicted molar refractivity (Wildman–Crippen MR) is 94.5 cm³/mol. The van der Waals surface area contributed by atoms with Gasteiger partial charge in [-0.25, -0.2) is 19.2 Å². The molecule has 0 saturated carbocycles. The molecule has 0 saturated heterocycles. The first-order valence-corrected chi connectivity index (χ1v) is 7.63. The number of carbonyl (C=O) groups excluding carboxylic acids is 2. The average Bonchev–Trinajstić information content (AvgIpc) is 2.62. The van der Waals surface area contributed by atoms with E-state index in [1.807, 2.05) is 0 Å². The Morgan fingerprint density at radius 1 is 0.815 bits per heavy atom. The van der Waals surface area contributed by atoms with E-state index in [9.17, 15) is 29.4 Å². The number of isocyanates is 2. The normalized spacial score (nSPS) is 10.4. The first-order valence-electron chi connectivity index (χ1n) is 7.63. The zero-order valence-electron chi connectivity index (χ0n) is 14.4. The van der Waals surface area contributed by atoms with Crippen molar-refractivity contribution in [2.75, 3.05) is 0 Å². The van der Waals surface area contributed by atoms with E-state index in [1.165, 1.54) is 36.4 Å². The van der Waals surface area contributed by atoms with Gasteiger partial charge in [-0.05, 0) is 35.4 Å². The van der Waals surface area contributed by atoms with E-state index in [1.54, 1.807) is 26.0 Å². The van der Waals surface area contributed by atoms with Crippen LogP contribution < -0.4 is 0 Å². The fraction of sp³-hybridized carbons (Fsp3) is 0.158. The highest BCUT2D eigenvalue weighted by molar-refractivity contribution is 5.95. The number of benzene rings is 2. The fourth-order valence-corrected chi connectivity index (χ4v) is 2.65. The number of aromatic carboxylic acids is 2. The second-order valence-corrected chi connectivity index (χ2v) is 6.11. The van der Waals surface area contributed by atoms with Crippen LogP contribution in [0.3, 0.4) is 0 Å². The molecule has 27 heavy (non-hydrogen) atoms. The van der Waals surface area contributed by atoms with Gasteiger partial charge in [0, 0.05) is 5.41 Å². The quantitative estimate of drug-likeness (QED) is 0.595. The zero-order valence-corrected chi connectivity index (χ0v) is 14.4. The van der Waals surface area contributed by atoms with E-state index in [4.69, 9.17) is 0 Å². The maximum absolute atomic E-state index is 11.5. The summed E-state index contributed by atoms with van der Waals surface area (Å²) in [7, 11) is 0. The second kappa shape index (κ2) is 7.58. The molecule has 0 aliphatic rings. The van der Waals surface area contributed by atoms with Crippen LogP contribution in [0, 0.1) is 0 Å². The van der Waals surface area contributed by atoms with Gasteiger partial charge in [0.25, 0.3) is 0 Å². The third-order valence-electron chi connectivity index (χ3n) is 4.23. The van der Waals surface area contributed by atoms with Gasteiger partial charge in [0.05, 0.1) is 22.5 Å². The van der Waals surface area contributed by atoms with Crippen molar-refractivity contribution in [3.63, 3.8) is 0 Å². The molecule has 0 aromatic heterocycles. The molecule has 0 radical (unpaired) electrons. The number of carboxylic acids is 2. The number of carbonyl (C=O) groups is 2. The van der Waals surface area contributed by atoms with Crippen LogP contribution in [0.25, 0.3) is 0 Å². The van der Waals surface area contributed by atoms with Crippen LogP contribution in [-0.2, 0) is 15.0 Å². The van der Waals surface area contributed by atoms with Crippen LogP contribution in [0.2, 0.25) is 0 Å². The summed E-state index contributed by atoms with van der Waals surface area (Å²) in [6.07, 6.45) is 2.62. The lowest BCUT2D eigenvalue weighted by molar-refractivity contribution is 0.0687. The molecule has 0 bridgehead atoms. The van der Waals surface area contributed by atoms with Crippen molar-refractivity contribution in [3.8, 4) is 0 Å². The van der Waals surface area contributed by atoms with Crippen LogP contribution in [0.5, 0.6) is 0 Å². The topological polar surface area (TPSA) is 133 Å². The number of carboxylic acid groups (broad SMARTS) is 2. The van der Waals surface area contributed by atoms with Crippen LogP contribution >= 0.6 is 0 Å². The molecule has 2 N–H and O–H groups in total. The van der Waals surface area contributed by atoms with Crippen LogP contribution in [0.1, 0.15) is 45.7 Å². The Kier molecular flexibility index (Phi) is 5.46. The molecule has 0 amide bonds. The molecule has 2 aromatic carbocycles. The van der Waals surface area contributed by atoms with E-state index in [2.05, 4.69) is 9.98 Å². The molecule has 0 spiro atoms. The van der Waals surface area contributed by atoms with Crippen molar-refractivity contribution in [3.05, 3.63) is 58.7 Å². The lowest BCUT2D eigenvalue weighted by Gasteiger charge is -2.27. The van der Waals surface area contributed by atoms with Gasteiger partial charge >= 0.3 is 11.9 Å². The van der Waals surface area contributed by atoms with Crippen molar-refractivity contribution in [1.29, 1.82) is 0 Å². The number of rotatable bonds is 6. The van der Waals surface area contributed by atoms with E-state index >= 15 is 0 Å². The number of aliphatic imine (C=N–C) groups is 2. The lowest BCUT2D eigenvalue weighted by Crippen LogP contribution is -2.20. The molecule has 8 nitrogen and oxygen atoms in total. The molecule has 2 aromatic rings. The molecule has 0 aliphatic carbocycles. The molecule has 2 rings (SSSR count). The van der Waals surface area contributed by atoms with Crippen molar-refractivity contribution >= 4 is 35.5 Å². The summed E-state index contributed by atoms with van der Waals surface area (Å²) in [5, 5.41) is 18.7. The fourth-order valence-electron chi connectivity index (χ4n) is 2.65. The highest BCUT2D eigenvalue weighted by Gasteiger charge is 2.27. The molecule has 0 fully saturated rings. The monoisotopic (exact) mass is 366 g/mol. The van der Waals surface area contributed by atoms with E-state index < -0.39 is 17.4 Å². The summed E-state index contributed by atoms with van der Waals surface area (Å²) < 4.78 is 0. The van der Waals surface area contributed by atoms with Crippen molar-refractivity contribution in [2.24, 2.45) is 9.98 Å². The SMILES string of the molecule is CC(C)(c1ccc(N=C=O)c(C(=O)O)c1)c1ccc(N=C=O)c(C(=O)O)c1. The molecule has 0 unspecified atom stereocenters. The molecule has 0 heterocycles. The minimum absolute atomic E-state index is 0.0288. The number of hydrogen-bond acceptors (Lipinski definition) is 6. The summed E-state index contributed by atoms with van der Waals surface area (Å²) in [6, 6.07) is 8.71. The average molecular weight is 366 g/mol. The highest BCUT2D eigenvalue weighted by Crippen LogP contribution is 2.36. The Balaban J connectivity index is 2.65. The molecule has 0 atom stereocenters. The van der Waals surface area contributed by atoms with Gasteiger partial charge in [-0.1, -0.05) is 26.0 Å². The largest absolute Gasteiger partial charge is 0.478 e. The van der Waals surface area contributed by atoms with Gasteiger partial charge in [0.2, 0.25) is 12.2 Å². The third kappa shape index (κ3) is 3.88. The molecular formula is C19H14N2O6. The minimum Gasteiger partial charge on any atom is -0.478 e. The summed E-state index contributed by atoms with van der Waals surface area (Å²) in [4.78, 5) is 50.6. The zero-order chi connectivity index (χ0) is 20.2. The summed E-state index contributed by atoms with van der Waals surface area (Å²) in [6.45, 7) is 3.56. The lowest BCUT2D eigenvalue weighted by atomic mass is 9.77. The van der Waals surface area contributed by atoms with E-state index in [0.717, 1.165) is 0 Å². The van der Waals surface area contributed by atoms with Gasteiger partial charge in [-0.2, -0.15) is 9.98 Å². The number of hydrogen-bond donors (Lipinski definition) is 2. The second-order valence-electron chi connectivity index (χ2n) is 6.11. The van der Waals surface area contributed by atoms with Crippen molar-refractivity contribution in [2.45, 2.75) is 19.3 Å². The van der Waals surface area contributed by atoms with Gasteiger partial charge < -0.3 is 10.2 Å². The van der Waals surface area contributed by atoms with Crippen LogP contribution in [0.15, 0.2) is 46.4 Å². The first-order chi connectivity index (χ1) is 12.7. The van der Waals surface area contributed by atoms with Crippen LogP contribution in [-0.4, -0.2) is 34.3 Å². The Labute approximate surface area is 153 Å².